The number of carbonyl (C=O) groups excluding carboxylic acids is 3. The first-order valence-corrected chi connectivity index (χ1v) is 10.7. The van der Waals surface area contributed by atoms with Gasteiger partial charge in [-0.3, -0.25) is 0 Å². The van der Waals surface area contributed by atoms with Crippen LogP contribution in [0.1, 0.15) is 34.6 Å². The second-order valence-electron chi connectivity index (χ2n) is 7.31. The molecule has 2 heterocycles. The number of nitrogens with zero attached hydrogens (tertiary/aromatic N) is 1. The first kappa shape index (κ1) is 20.8. The van der Waals surface area contributed by atoms with Gasteiger partial charge in [-0.2, -0.15) is 0 Å². The van der Waals surface area contributed by atoms with Gasteiger partial charge < -0.3 is 0 Å². The van der Waals surface area contributed by atoms with Crippen LogP contribution in [0.25, 0.3) is 0 Å². The number of cyclic esters (lactones) is 1. The average Bonchev–Trinajstić information content (AvgIpc) is 2.86. The van der Waals surface area contributed by atoms with Gasteiger partial charge in [0.25, 0.3) is 0 Å². The molecular formula is C16H26N2O7Se. The van der Waals surface area contributed by atoms with Crippen molar-refractivity contribution >= 4 is 33.1 Å². The van der Waals surface area contributed by atoms with Gasteiger partial charge in [-0.15, -0.1) is 0 Å². The number of methoxy groups -OCH3 is 1. The molecule has 9 nitrogen and oxygen atoms in total. The summed E-state index contributed by atoms with van der Waals surface area (Å²) >= 11 is 0.0102. The van der Waals surface area contributed by atoms with Crippen molar-refractivity contribution < 1.29 is 33.3 Å². The zero-order valence-corrected chi connectivity index (χ0v) is 17.6. The van der Waals surface area contributed by atoms with E-state index in [1.165, 1.54) is 12.0 Å². The van der Waals surface area contributed by atoms with Gasteiger partial charge in [0.1, 0.15) is 0 Å². The molecule has 1 N–H and O–H groups in total. The second kappa shape index (κ2) is 7.25. The third kappa shape index (κ3) is 3.92. The Hall–Kier alpha value is -1.51. The van der Waals surface area contributed by atoms with E-state index in [0.29, 0.717) is 17.2 Å². The first-order chi connectivity index (χ1) is 11.9. The summed E-state index contributed by atoms with van der Waals surface area (Å²) in [6.07, 6.45) is -1.10. The van der Waals surface area contributed by atoms with Crippen molar-refractivity contribution in [3.05, 3.63) is 0 Å². The number of hydrogen-bond acceptors (Lipinski definition) is 7. The third-order valence-electron chi connectivity index (χ3n) is 4.24. The van der Waals surface area contributed by atoms with Crippen LogP contribution in [0.3, 0.4) is 0 Å². The number of rotatable bonds is 6. The molecular weight excluding hydrogens is 411 g/mol. The summed E-state index contributed by atoms with van der Waals surface area (Å²) in [5.41, 5.74) is -1.83. The predicted octanol–water partition coefficient (Wildman–Crippen LogP) is 1.51. The van der Waals surface area contributed by atoms with Crippen molar-refractivity contribution in [2.24, 2.45) is 0 Å². The quantitative estimate of drug-likeness (QED) is 0.291. The van der Waals surface area contributed by atoms with Gasteiger partial charge in [-0.1, -0.05) is 0 Å². The number of ether oxygens (including phenoxy) is 4. The van der Waals surface area contributed by atoms with Gasteiger partial charge in [0.05, 0.1) is 0 Å². The van der Waals surface area contributed by atoms with Gasteiger partial charge in [-0.25, -0.2) is 0 Å². The predicted molar refractivity (Wildman–Crippen MR) is 91.6 cm³/mol. The Balaban J connectivity index is 1.85. The second-order valence-corrected chi connectivity index (χ2v) is 9.72. The summed E-state index contributed by atoms with van der Waals surface area (Å²) in [5, 5.41) is 3.83. The van der Waals surface area contributed by atoms with Crippen molar-refractivity contribution in [3.63, 3.8) is 0 Å². The summed E-state index contributed by atoms with van der Waals surface area (Å²) in [6.45, 7) is 8.99. The molecule has 0 radical (unpaired) electrons. The van der Waals surface area contributed by atoms with Crippen molar-refractivity contribution in [2.45, 2.75) is 68.4 Å². The molecule has 10 heteroatoms. The molecule has 0 spiro atoms. The molecule has 2 aliphatic rings. The minimum absolute atomic E-state index is 0.0102. The molecule has 0 aliphatic carbocycles. The fraction of sp³-hybridized carbons (Fsp3) is 0.812. The molecule has 0 unspecified atom stereocenters. The van der Waals surface area contributed by atoms with E-state index in [1.54, 1.807) is 34.6 Å². The monoisotopic (exact) mass is 438 g/mol. The summed E-state index contributed by atoms with van der Waals surface area (Å²) in [4.78, 5) is 37.4. The first-order valence-electron chi connectivity index (χ1n) is 8.28. The zero-order valence-electron chi connectivity index (χ0n) is 15.9. The number of nitrogens with one attached hydrogen (secondary N) is 1. The molecule has 2 aliphatic heterocycles. The van der Waals surface area contributed by atoms with E-state index in [2.05, 4.69) is 5.32 Å². The van der Waals surface area contributed by atoms with E-state index in [1.807, 2.05) is 0 Å². The molecule has 0 aromatic rings. The zero-order chi connectivity index (χ0) is 19.8. The number of carbonyl (C=O) groups is 3. The van der Waals surface area contributed by atoms with Crippen LogP contribution < -0.4 is 5.32 Å². The summed E-state index contributed by atoms with van der Waals surface area (Å²) in [5.74, 6) is -1.81. The molecule has 2 amide bonds. The molecule has 148 valence electrons. The fourth-order valence-electron chi connectivity index (χ4n) is 2.75. The Labute approximate surface area is 159 Å². The van der Waals surface area contributed by atoms with Crippen LogP contribution in [-0.4, -0.2) is 74.8 Å². The van der Waals surface area contributed by atoms with E-state index in [0.717, 1.165) is 0 Å². The number of esters is 1. The molecule has 0 bridgehead atoms. The van der Waals surface area contributed by atoms with Gasteiger partial charge in [0, 0.05) is 0 Å². The Morgan fingerprint density at radius 2 is 1.96 bits per heavy atom. The van der Waals surface area contributed by atoms with Crippen molar-refractivity contribution in [3.8, 4) is 0 Å². The van der Waals surface area contributed by atoms with Crippen LogP contribution in [0, 0.1) is 0 Å². The fourth-order valence-corrected chi connectivity index (χ4v) is 4.68. The maximum absolute atomic E-state index is 12.3. The Morgan fingerprint density at radius 3 is 2.54 bits per heavy atom. The topological polar surface area (TPSA) is 103 Å². The van der Waals surface area contributed by atoms with Gasteiger partial charge in [0.15, 0.2) is 0 Å². The SMILES string of the molecule is CO[C@@]1(C)OC(=O)N2[C@@H](C[Se]CCNC(=O)OC(C)(C)C)C(=O)O[C@@]21C. The van der Waals surface area contributed by atoms with Crippen LogP contribution >= 0.6 is 0 Å². The van der Waals surface area contributed by atoms with E-state index in [4.69, 9.17) is 18.9 Å². The molecule has 2 rings (SSSR count). The summed E-state index contributed by atoms with van der Waals surface area (Å²) in [7, 11) is 1.40. The number of amides is 2. The van der Waals surface area contributed by atoms with Crippen molar-refractivity contribution in [2.75, 3.05) is 13.7 Å². The van der Waals surface area contributed by atoms with Crippen LogP contribution in [0.5, 0.6) is 0 Å². The number of alkyl carbamates (subject to hydrolysis) is 1. The molecule has 0 aromatic heterocycles. The summed E-state index contributed by atoms with van der Waals surface area (Å²) < 4.78 is 21.1. The molecule has 0 aromatic carbocycles. The van der Waals surface area contributed by atoms with Crippen LogP contribution in [0.15, 0.2) is 0 Å². The Kier molecular flexibility index (Phi) is 5.80. The van der Waals surface area contributed by atoms with E-state index in [9.17, 15) is 14.4 Å². The molecule has 0 saturated carbocycles. The van der Waals surface area contributed by atoms with Gasteiger partial charge >= 0.3 is 159 Å². The molecule has 26 heavy (non-hydrogen) atoms. The standard InChI is InChI=1S/C16H26N2O7Se/c1-14(2,3)24-12(20)17-7-8-26-9-10-11(19)23-15(4)16(5,22-6)25-13(21)18(10)15/h10H,7-9H2,1-6H3,(H,17,20)/t10-,15+,16-/m0/s1. The molecule has 3 atom stereocenters. The van der Waals surface area contributed by atoms with Crippen molar-refractivity contribution in [1.82, 2.24) is 10.2 Å². The van der Waals surface area contributed by atoms with Crippen molar-refractivity contribution in [1.29, 1.82) is 0 Å². The van der Waals surface area contributed by atoms with Gasteiger partial charge in [-0.05, 0) is 0 Å². The average molecular weight is 437 g/mol. The van der Waals surface area contributed by atoms with Gasteiger partial charge in [0.2, 0.25) is 0 Å². The summed E-state index contributed by atoms with van der Waals surface area (Å²) in [6, 6.07) is -0.703. The van der Waals surface area contributed by atoms with Crippen LogP contribution in [-0.2, 0) is 23.7 Å². The third-order valence-corrected chi connectivity index (χ3v) is 6.43. The number of hydrogen-bond donors (Lipinski definition) is 1. The Morgan fingerprint density at radius 1 is 1.31 bits per heavy atom. The van der Waals surface area contributed by atoms with Crippen LogP contribution in [0.2, 0.25) is 10.6 Å². The minimum atomic E-state index is -1.35. The van der Waals surface area contributed by atoms with E-state index < -0.39 is 41.3 Å². The Bertz CT molecular complexity index is 594. The van der Waals surface area contributed by atoms with Crippen LogP contribution in [0.4, 0.5) is 9.59 Å². The normalized spacial score (nSPS) is 30.7. The van der Waals surface area contributed by atoms with E-state index >= 15 is 0 Å². The maximum atomic E-state index is 12.3. The molecule has 2 fully saturated rings. The van der Waals surface area contributed by atoms with E-state index in [-0.39, 0.29) is 15.0 Å². The number of fused-ring (bicyclic) bond motifs is 1. The molecule has 2 saturated heterocycles.